The van der Waals surface area contributed by atoms with Gasteiger partial charge < -0.3 is 10.0 Å². The summed E-state index contributed by atoms with van der Waals surface area (Å²) < 4.78 is 1.86. The fourth-order valence-electron chi connectivity index (χ4n) is 1.31. The average Bonchev–Trinajstić information content (AvgIpc) is 2.53. The minimum absolute atomic E-state index is 0.154. The third-order valence-electron chi connectivity index (χ3n) is 2.04. The molecule has 14 heavy (non-hydrogen) atoms. The normalized spacial score (nSPS) is 11.1. The standard InChI is InChI=1S/C9H18N4O/c1-12(2)5-3-6-13-9(4-7-14)8-10-11-13/h8,14H,3-7H2,1-2H3. The molecule has 80 valence electrons. The predicted octanol–water partition coefficient (Wildman–Crippen LogP) is -0.235. The fourth-order valence-corrected chi connectivity index (χ4v) is 1.31. The number of hydrogen-bond donors (Lipinski definition) is 1. The van der Waals surface area contributed by atoms with Gasteiger partial charge in [-0.05, 0) is 27.1 Å². The van der Waals surface area contributed by atoms with Crippen molar-refractivity contribution in [2.24, 2.45) is 0 Å². The third-order valence-corrected chi connectivity index (χ3v) is 2.04. The molecule has 0 saturated carbocycles. The largest absolute Gasteiger partial charge is 0.396 e. The second-order valence-electron chi connectivity index (χ2n) is 3.58. The van der Waals surface area contributed by atoms with Gasteiger partial charge in [-0.25, -0.2) is 4.68 Å². The van der Waals surface area contributed by atoms with Gasteiger partial charge in [-0.2, -0.15) is 0 Å². The summed E-state index contributed by atoms with van der Waals surface area (Å²) in [5.41, 5.74) is 1.01. The summed E-state index contributed by atoms with van der Waals surface area (Å²) >= 11 is 0. The maximum Gasteiger partial charge on any atom is 0.0726 e. The lowest BCUT2D eigenvalue weighted by Crippen LogP contribution is -2.16. The molecule has 0 atom stereocenters. The molecule has 0 aromatic carbocycles. The van der Waals surface area contributed by atoms with E-state index in [1.54, 1.807) is 6.20 Å². The Labute approximate surface area is 84.3 Å². The van der Waals surface area contributed by atoms with Crippen LogP contribution in [0.3, 0.4) is 0 Å². The zero-order chi connectivity index (χ0) is 10.4. The lowest BCUT2D eigenvalue weighted by molar-refractivity contribution is 0.294. The topological polar surface area (TPSA) is 54.2 Å². The summed E-state index contributed by atoms with van der Waals surface area (Å²) in [6, 6.07) is 0. The van der Waals surface area contributed by atoms with Crippen LogP contribution < -0.4 is 0 Å². The van der Waals surface area contributed by atoms with Crippen LogP contribution >= 0.6 is 0 Å². The zero-order valence-corrected chi connectivity index (χ0v) is 8.85. The van der Waals surface area contributed by atoms with Gasteiger partial charge in [-0.3, -0.25) is 0 Å². The lowest BCUT2D eigenvalue weighted by Gasteiger charge is -2.09. The number of rotatable bonds is 6. The molecule has 1 aromatic heterocycles. The molecule has 1 rings (SSSR count). The quantitative estimate of drug-likeness (QED) is 0.685. The first-order chi connectivity index (χ1) is 6.74. The van der Waals surface area contributed by atoms with Crippen LogP contribution in [0.5, 0.6) is 0 Å². The number of aryl methyl sites for hydroxylation is 1. The second-order valence-corrected chi connectivity index (χ2v) is 3.58. The smallest absolute Gasteiger partial charge is 0.0726 e. The minimum Gasteiger partial charge on any atom is -0.396 e. The van der Waals surface area contributed by atoms with Gasteiger partial charge in [0.25, 0.3) is 0 Å². The van der Waals surface area contributed by atoms with E-state index >= 15 is 0 Å². The van der Waals surface area contributed by atoms with Crippen molar-refractivity contribution >= 4 is 0 Å². The number of hydrogen-bond acceptors (Lipinski definition) is 4. The van der Waals surface area contributed by atoms with E-state index in [0.29, 0.717) is 6.42 Å². The highest BCUT2D eigenvalue weighted by atomic mass is 16.3. The zero-order valence-electron chi connectivity index (χ0n) is 8.85. The third kappa shape index (κ3) is 3.43. The molecular formula is C9H18N4O. The van der Waals surface area contributed by atoms with Gasteiger partial charge in [0.1, 0.15) is 0 Å². The Morgan fingerprint density at radius 3 is 2.93 bits per heavy atom. The van der Waals surface area contributed by atoms with Crippen LogP contribution in [0.25, 0.3) is 0 Å². The first kappa shape index (κ1) is 11.1. The molecule has 5 nitrogen and oxygen atoms in total. The Morgan fingerprint density at radius 2 is 2.29 bits per heavy atom. The Morgan fingerprint density at radius 1 is 1.50 bits per heavy atom. The molecule has 1 N–H and O–H groups in total. The van der Waals surface area contributed by atoms with Crippen molar-refractivity contribution in [3.8, 4) is 0 Å². The number of aromatic nitrogens is 3. The van der Waals surface area contributed by atoms with Crippen molar-refractivity contribution in [1.82, 2.24) is 19.9 Å². The molecular weight excluding hydrogens is 180 g/mol. The molecule has 0 saturated heterocycles. The highest BCUT2D eigenvalue weighted by molar-refractivity contribution is 4.93. The molecule has 0 bridgehead atoms. The monoisotopic (exact) mass is 198 g/mol. The summed E-state index contributed by atoms with van der Waals surface area (Å²) in [6.45, 7) is 2.06. The van der Waals surface area contributed by atoms with E-state index < -0.39 is 0 Å². The van der Waals surface area contributed by atoms with E-state index in [0.717, 1.165) is 25.2 Å². The summed E-state index contributed by atoms with van der Waals surface area (Å²) in [5, 5.41) is 16.6. The van der Waals surface area contributed by atoms with Crippen molar-refractivity contribution in [2.45, 2.75) is 19.4 Å². The molecule has 0 unspecified atom stereocenters. The van der Waals surface area contributed by atoms with Crippen LogP contribution in [-0.4, -0.2) is 52.2 Å². The molecule has 0 amide bonds. The molecule has 1 aromatic rings. The Balaban J connectivity index is 2.37. The Kier molecular flexibility index (Phi) is 4.55. The molecule has 0 aliphatic rings. The highest BCUT2D eigenvalue weighted by Crippen LogP contribution is 1.99. The van der Waals surface area contributed by atoms with Crippen molar-refractivity contribution < 1.29 is 5.11 Å². The lowest BCUT2D eigenvalue weighted by atomic mass is 10.3. The van der Waals surface area contributed by atoms with E-state index in [-0.39, 0.29) is 6.61 Å². The van der Waals surface area contributed by atoms with Crippen LogP contribution in [-0.2, 0) is 13.0 Å². The van der Waals surface area contributed by atoms with Crippen LogP contribution in [0.1, 0.15) is 12.1 Å². The Bertz CT molecular complexity index is 259. The van der Waals surface area contributed by atoms with Gasteiger partial charge >= 0.3 is 0 Å². The SMILES string of the molecule is CN(C)CCCn1nncc1CCO. The second kappa shape index (κ2) is 5.72. The van der Waals surface area contributed by atoms with Crippen LogP contribution in [0.2, 0.25) is 0 Å². The van der Waals surface area contributed by atoms with E-state index in [9.17, 15) is 0 Å². The molecule has 0 aliphatic carbocycles. The van der Waals surface area contributed by atoms with E-state index in [2.05, 4.69) is 29.3 Å². The first-order valence-electron chi connectivity index (χ1n) is 4.87. The van der Waals surface area contributed by atoms with Crippen LogP contribution in [0.15, 0.2) is 6.20 Å². The molecule has 5 heteroatoms. The maximum atomic E-state index is 8.80. The first-order valence-corrected chi connectivity index (χ1v) is 4.87. The number of aliphatic hydroxyl groups is 1. The van der Waals surface area contributed by atoms with E-state index in [4.69, 9.17) is 5.11 Å². The maximum absolute atomic E-state index is 8.80. The van der Waals surface area contributed by atoms with Crippen LogP contribution in [0.4, 0.5) is 0 Å². The van der Waals surface area contributed by atoms with E-state index in [1.807, 2.05) is 4.68 Å². The predicted molar refractivity (Wildman–Crippen MR) is 54.0 cm³/mol. The summed E-state index contributed by atoms with van der Waals surface area (Å²) in [6.07, 6.45) is 3.40. The van der Waals surface area contributed by atoms with Crippen molar-refractivity contribution in [3.63, 3.8) is 0 Å². The average molecular weight is 198 g/mol. The van der Waals surface area contributed by atoms with Gasteiger partial charge in [-0.15, -0.1) is 5.10 Å². The molecule has 1 heterocycles. The van der Waals surface area contributed by atoms with Crippen LogP contribution in [0, 0.1) is 0 Å². The molecule has 0 radical (unpaired) electrons. The molecule has 0 aliphatic heterocycles. The molecule has 0 spiro atoms. The highest BCUT2D eigenvalue weighted by Gasteiger charge is 2.02. The number of aliphatic hydroxyl groups excluding tert-OH is 1. The van der Waals surface area contributed by atoms with Gasteiger partial charge in [0.05, 0.1) is 11.9 Å². The molecule has 0 fully saturated rings. The van der Waals surface area contributed by atoms with Crippen molar-refractivity contribution in [1.29, 1.82) is 0 Å². The van der Waals surface area contributed by atoms with Crippen molar-refractivity contribution in [3.05, 3.63) is 11.9 Å². The Hall–Kier alpha value is -0.940. The minimum atomic E-state index is 0.154. The fraction of sp³-hybridized carbons (Fsp3) is 0.778. The summed E-state index contributed by atoms with van der Waals surface area (Å²) in [5.74, 6) is 0. The van der Waals surface area contributed by atoms with Gasteiger partial charge in [0, 0.05) is 19.6 Å². The van der Waals surface area contributed by atoms with Crippen molar-refractivity contribution in [2.75, 3.05) is 27.2 Å². The van der Waals surface area contributed by atoms with Gasteiger partial charge in [0.15, 0.2) is 0 Å². The number of nitrogens with zero attached hydrogens (tertiary/aromatic N) is 4. The van der Waals surface area contributed by atoms with Gasteiger partial charge in [-0.1, -0.05) is 5.21 Å². The summed E-state index contributed by atoms with van der Waals surface area (Å²) in [7, 11) is 4.10. The summed E-state index contributed by atoms with van der Waals surface area (Å²) in [4.78, 5) is 2.14. The van der Waals surface area contributed by atoms with E-state index in [1.165, 1.54) is 0 Å². The van der Waals surface area contributed by atoms with Gasteiger partial charge in [0.2, 0.25) is 0 Å².